The minimum absolute atomic E-state index is 0.697. The molecule has 1 aromatic heterocycles. The van der Waals surface area contributed by atoms with Gasteiger partial charge in [-0.2, -0.15) is 0 Å². The molecule has 5 heteroatoms. The summed E-state index contributed by atoms with van der Waals surface area (Å²) in [4.78, 5) is 19.2. The van der Waals surface area contributed by atoms with E-state index in [4.69, 9.17) is 5.11 Å². The Kier molecular flexibility index (Phi) is 4.30. The average molecular weight is 247 g/mol. The minimum atomic E-state index is -0.887. The molecule has 1 fully saturated rings. The number of hydrogen-bond acceptors (Lipinski definition) is 4. The summed E-state index contributed by atoms with van der Waals surface area (Å²) >= 11 is 0. The van der Waals surface area contributed by atoms with Crippen molar-refractivity contribution < 1.29 is 9.90 Å². The highest BCUT2D eigenvalue weighted by Gasteiger charge is 2.16. The standard InChI is InChI=1S/C13H17N3O2/c17-13(18)5-3-7-15-8-10-16(11-9-15)12-4-1-2-6-14-12/h1-6H,7-11H2,(H,17,18)/b5-3+. The van der Waals surface area contributed by atoms with Crippen molar-refractivity contribution in [2.75, 3.05) is 37.6 Å². The quantitative estimate of drug-likeness (QED) is 0.799. The van der Waals surface area contributed by atoms with Gasteiger partial charge in [-0.25, -0.2) is 9.78 Å². The molecule has 1 N–H and O–H groups in total. The summed E-state index contributed by atoms with van der Waals surface area (Å²) < 4.78 is 0. The van der Waals surface area contributed by atoms with Crippen LogP contribution in [0.3, 0.4) is 0 Å². The first-order chi connectivity index (χ1) is 8.75. The highest BCUT2D eigenvalue weighted by Crippen LogP contribution is 2.12. The maximum atomic E-state index is 10.4. The fraction of sp³-hybridized carbons (Fsp3) is 0.385. The number of aromatic nitrogens is 1. The topological polar surface area (TPSA) is 56.7 Å². The molecule has 1 aliphatic rings. The normalized spacial score (nSPS) is 17.2. The van der Waals surface area contributed by atoms with E-state index in [2.05, 4.69) is 14.8 Å². The van der Waals surface area contributed by atoms with Crippen molar-refractivity contribution in [1.29, 1.82) is 0 Å². The maximum Gasteiger partial charge on any atom is 0.328 e. The molecule has 5 nitrogen and oxygen atoms in total. The van der Waals surface area contributed by atoms with Crippen LogP contribution in [0.4, 0.5) is 5.82 Å². The second-order valence-corrected chi connectivity index (χ2v) is 4.22. The summed E-state index contributed by atoms with van der Waals surface area (Å²) in [6.45, 7) is 4.42. The van der Waals surface area contributed by atoms with E-state index < -0.39 is 5.97 Å². The Morgan fingerprint density at radius 1 is 1.33 bits per heavy atom. The number of piperazine rings is 1. The van der Waals surface area contributed by atoms with E-state index in [0.29, 0.717) is 6.54 Å². The van der Waals surface area contributed by atoms with E-state index in [-0.39, 0.29) is 0 Å². The lowest BCUT2D eigenvalue weighted by molar-refractivity contribution is -0.131. The molecule has 0 saturated carbocycles. The Bertz CT molecular complexity index is 412. The fourth-order valence-corrected chi connectivity index (χ4v) is 2.00. The summed E-state index contributed by atoms with van der Waals surface area (Å²) in [5.74, 6) is 0.125. The highest BCUT2D eigenvalue weighted by molar-refractivity contribution is 5.79. The lowest BCUT2D eigenvalue weighted by Crippen LogP contribution is -2.46. The van der Waals surface area contributed by atoms with Gasteiger partial charge >= 0.3 is 5.97 Å². The molecule has 1 aliphatic heterocycles. The molecule has 2 rings (SSSR count). The van der Waals surface area contributed by atoms with Crippen LogP contribution in [0.2, 0.25) is 0 Å². The molecule has 2 heterocycles. The second kappa shape index (κ2) is 6.16. The largest absolute Gasteiger partial charge is 0.478 e. The SMILES string of the molecule is O=C(O)/C=C/CN1CCN(c2ccccn2)CC1. The first kappa shape index (κ1) is 12.6. The summed E-state index contributed by atoms with van der Waals surface area (Å²) in [7, 11) is 0. The number of rotatable bonds is 4. The molecular formula is C13H17N3O2. The van der Waals surface area contributed by atoms with Crippen LogP contribution in [-0.4, -0.2) is 53.7 Å². The van der Waals surface area contributed by atoms with Gasteiger partial charge < -0.3 is 10.0 Å². The Balaban J connectivity index is 1.80. The van der Waals surface area contributed by atoms with E-state index in [1.54, 1.807) is 12.3 Å². The molecule has 0 atom stereocenters. The number of anilines is 1. The third-order valence-electron chi connectivity index (χ3n) is 2.97. The van der Waals surface area contributed by atoms with Crippen LogP contribution in [0.25, 0.3) is 0 Å². The van der Waals surface area contributed by atoms with Crippen LogP contribution in [0.15, 0.2) is 36.5 Å². The zero-order valence-corrected chi connectivity index (χ0v) is 10.2. The van der Waals surface area contributed by atoms with E-state index in [9.17, 15) is 4.79 Å². The van der Waals surface area contributed by atoms with Crippen LogP contribution < -0.4 is 4.90 Å². The second-order valence-electron chi connectivity index (χ2n) is 4.22. The van der Waals surface area contributed by atoms with Crippen molar-refractivity contribution in [2.45, 2.75) is 0 Å². The molecule has 96 valence electrons. The minimum Gasteiger partial charge on any atom is -0.478 e. The number of carboxylic acids is 1. The highest BCUT2D eigenvalue weighted by atomic mass is 16.4. The molecule has 1 aromatic rings. The Labute approximate surface area is 106 Å². The monoisotopic (exact) mass is 247 g/mol. The van der Waals surface area contributed by atoms with Crippen LogP contribution in [0.1, 0.15) is 0 Å². The van der Waals surface area contributed by atoms with Gasteiger partial charge in [-0.15, -0.1) is 0 Å². The van der Waals surface area contributed by atoms with E-state index >= 15 is 0 Å². The van der Waals surface area contributed by atoms with Crippen molar-refractivity contribution in [2.24, 2.45) is 0 Å². The zero-order valence-electron chi connectivity index (χ0n) is 10.2. The summed E-state index contributed by atoms with van der Waals surface area (Å²) in [5.41, 5.74) is 0. The molecular weight excluding hydrogens is 230 g/mol. The Hall–Kier alpha value is -1.88. The number of carboxylic acid groups (broad SMARTS) is 1. The van der Waals surface area contributed by atoms with Crippen molar-refractivity contribution in [3.63, 3.8) is 0 Å². The van der Waals surface area contributed by atoms with Crippen LogP contribution in [0, 0.1) is 0 Å². The average Bonchev–Trinajstić information content (AvgIpc) is 2.40. The van der Waals surface area contributed by atoms with Gasteiger partial charge in [0.15, 0.2) is 0 Å². The number of nitrogens with zero attached hydrogens (tertiary/aromatic N) is 3. The molecule has 0 amide bonds. The molecule has 0 aliphatic carbocycles. The third-order valence-corrected chi connectivity index (χ3v) is 2.97. The van der Waals surface area contributed by atoms with Gasteiger partial charge in [-0.05, 0) is 12.1 Å². The van der Waals surface area contributed by atoms with Crippen LogP contribution in [0.5, 0.6) is 0 Å². The van der Waals surface area contributed by atoms with Crippen molar-refractivity contribution in [3.05, 3.63) is 36.5 Å². The number of pyridine rings is 1. The first-order valence-corrected chi connectivity index (χ1v) is 6.03. The molecule has 0 radical (unpaired) electrons. The smallest absolute Gasteiger partial charge is 0.328 e. The summed E-state index contributed by atoms with van der Waals surface area (Å²) in [6, 6.07) is 5.92. The van der Waals surface area contributed by atoms with Gasteiger partial charge in [0, 0.05) is 45.0 Å². The number of carbonyl (C=O) groups is 1. The molecule has 0 spiro atoms. The molecule has 0 bridgehead atoms. The van der Waals surface area contributed by atoms with Gasteiger partial charge in [-0.1, -0.05) is 12.1 Å². The third kappa shape index (κ3) is 3.56. The molecule has 0 aromatic carbocycles. The van der Waals surface area contributed by atoms with E-state index in [1.165, 1.54) is 6.08 Å². The van der Waals surface area contributed by atoms with Crippen LogP contribution >= 0.6 is 0 Å². The first-order valence-electron chi connectivity index (χ1n) is 6.03. The van der Waals surface area contributed by atoms with E-state index in [0.717, 1.165) is 32.0 Å². The predicted octanol–water partition coefficient (Wildman–Crippen LogP) is 0.844. The number of aliphatic carboxylic acids is 1. The molecule has 0 unspecified atom stereocenters. The Morgan fingerprint density at radius 2 is 2.11 bits per heavy atom. The van der Waals surface area contributed by atoms with Crippen molar-refractivity contribution >= 4 is 11.8 Å². The van der Waals surface area contributed by atoms with Gasteiger partial charge in [0.05, 0.1) is 0 Å². The van der Waals surface area contributed by atoms with Gasteiger partial charge in [-0.3, -0.25) is 4.90 Å². The predicted molar refractivity (Wildman–Crippen MR) is 69.7 cm³/mol. The van der Waals surface area contributed by atoms with Gasteiger partial charge in [0.25, 0.3) is 0 Å². The van der Waals surface area contributed by atoms with Gasteiger partial charge in [0.2, 0.25) is 0 Å². The maximum absolute atomic E-state index is 10.4. The molecule has 1 saturated heterocycles. The lowest BCUT2D eigenvalue weighted by atomic mass is 10.3. The Morgan fingerprint density at radius 3 is 2.72 bits per heavy atom. The summed E-state index contributed by atoms with van der Waals surface area (Å²) in [6.07, 6.45) is 4.70. The lowest BCUT2D eigenvalue weighted by Gasteiger charge is -2.34. The molecule has 18 heavy (non-hydrogen) atoms. The van der Waals surface area contributed by atoms with E-state index in [1.807, 2.05) is 18.2 Å². The zero-order chi connectivity index (χ0) is 12.8. The van der Waals surface area contributed by atoms with Crippen LogP contribution in [-0.2, 0) is 4.79 Å². The van der Waals surface area contributed by atoms with Gasteiger partial charge in [0.1, 0.15) is 5.82 Å². The number of hydrogen-bond donors (Lipinski definition) is 1. The summed E-state index contributed by atoms with van der Waals surface area (Å²) in [5, 5.41) is 8.51. The van der Waals surface area contributed by atoms with Crippen molar-refractivity contribution in [3.8, 4) is 0 Å². The fourth-order valence-electron chi connectivity index (χ4n) is 2.00. The van der Waals surface area contributed by atoms with Crippen molar-refractivity contribution in [1.82, 2.24) is 9.88 Å².